The Morgan fingerprint density at radius 2 is 1.73 bits per heavy atom. The molecule has 0 unspecified atom stereocenters. The molecular formula is C48H57N3O11. The average molecular weight is 852 g/mol. The molecule has 0 spiro atoms. The first kappa shape index (κ1) is 46.0. The van der Waals surface area contributed by atoms with Crippen LogP contribution < -0.4 is 14.2 Å². The zero-order valence-corrected chi connectivity index (χ0v) is 35.4. The number of aldehydes is 1. The van der Waals surface area contributed by atoms with Gasteiger partial charge in [0.25, 0.3) is 5.91 Å². The van der Waals surface area contributed by atoms with E-state index in [1.807, 2.05) is 12.1 Å². The van der Waals surface area contributed by atoms with Crippen LogP contribution in [0, 0.1) is 29.1 Å². The van der Waals surface area contributed by atoms with Crippen LogP contribution in [0.4, 0.5) is 0 Å². The highest BCUT2D eigenvalue weighted by atomic mass is 16.7. The number of benzene rings is 3. The fourth-order valence-corrected chi connectivity index (χ4v) is 9.41. The summed E-state index contributed by atoms with van der Waals surface area (Å²) in [6, 6.07) is 18.4. The summed E-state index contributed by atoms with van der Waals surface area (Å²) in [7, 11) is 2.99. The number of aliphatic hydroxyl groups excluding tert-OH is 3. The molecule has 14 heteroatoms. The number of carbonyl (C=O) groups is 2. The molecule has 1 fully saturated rings. The number of oxime groups is 1. The van der Waals surface area contributed by atoms with E-state index in [1.54, 1.807) is 59.5 Å². The monoisotopic (exact) mass is 851 g/mol. The number of fused-ring (bicyclic) bond motifs is 2. The van der Waals surface area contributed by atoms with Crippen molar-refractivity contribution in [3.05, 3.63) is 107 Å². The Morgan fingerprint density at radius 1 is 0.984 bits per heavy atom. The average Bonchev–Trinajstić information content (AvgIpc) is 3.30. The van der Waals surface area contributed by atoms with Gasteiger partial charge in [0.1, 0.15) is 36.1 Å². The van der Waals surface area contributed by atoms with Crippen molar-refractivity contribution in [1.29, 1.82) is 5.26 Å². The van der Waals surface area contributed by atoms with Crippen LogP contribution in [0.1, 0.15) is 82.7 Å². The fourth-order valence-electron chi connectivity index (χ4n) is 9.41. The minimum atomic E-state index is -1.52. The van der Waals surface area contributed by atoms with Gasteiger partial charge in [0.15, 0.2) is 6.29 Å². The summed E-state index contributed by atoms with van der Waals surface area (Å²) in [4.78, 5) is 34.1. The van der Waals surface area contributed by atoms with Crippen LogP contribution in [0.5, 0.6) is 23.0 Å². The topological polar surface area (TPSA) is 190 Å². The Balaban J connectivity index is 1.58. The van der Waals surface area contributed by atoms with Crippen LogP contribution in [0.25, 0.3) is 0 Å². The lowest BCUT2D eigenvalue weighted by molar-refractivity contribution is -0.254. The Kier molecular flexibility index (Phi) is 16.3. The maximum absolute atomic E-state index is 14.9. The molecule has 0 bridgehead atoms. The molecule has 0 saturated heterocycles. The molecule has 3 aromatic rings. The molecule has 6 atom stereocenters. The lowest BCUT2D eigenvalue weighted by Crippen LogP contribution is -2.70. The van der Waals surface area contributed by atoms with E-state index in [0.29, 0.717) is 64.5 Å². The molecule has 0 radical (unpaired) electrons. The van der Waals surface area contributed by atoms with Gasteiger partial charge in [-0.15, -0.1) is 6.58 Å². The SMILES string of the molecule is C=CCO[C@@]12Oc3ccc(Oc4ccc(OC)c(C=O)c4)cc3[C@H]3[C@H](CCCCO)[C@@H](CCCCO)C=C(C(=NOC)C[C@@H]1N(CCOCCO)C(=O)c1ccc(C#N)cc1)[C@H]32. The third-order valence-electron chi connectivity index (χ3n) is 12.0. The summed E-state index contributed by atoms with van der Waals surface area (Å²) in [5, 5.41) is 43.5. The predicted octanol–water partition coefficient (Wildman–Crippen LogP) is 6.59. The summed E-state index contributed by atoms with van der Waals surface area (Å²) in [5.74, 6) is -0.856. The number of carbonyl (C=O) groups excluding carboxylic acids is 2. The Morgan fingerprint density at radius 3 is 2.40 bits per heavy atom. The molecule has 1 saturated carbocycles. The first-order valence-electron chi connectivity index (χ1n) is 21.2. The summed E-state index contributed by atoms with van der Waals surface area (Å²) >= 11 is 0. The second-order valence-corrected chi connectivity index (χ2v) is 15.6. The molecule has 1 amide bonds. The standard InChI is InChI=1S/C48H57N3O11/c1-4-23-60-48-44(51(19-24-59-25-22-54)47(56)33-13-11-32(30-49)12-14-33)29-41(50-58-3)39-27-34(9-5-7-20-52)38(10-6-8-21-53)45(46(39)48)40-28-37(16-18-43(40)62-48)61-36-15-17-42(57-2)35(26-36)31-55/h4,11-18,26-28,31,34,38,44-46,52-54H,1,5-10,19-25,29H2,2-3H3/t34-,38+,44-,45+,46+,48+/m0/s1. The summed E-state index contributed by atoms with van der Waals surface area (Å²) in [5.41, 5.74) is 3.44. The lowest BCUT2D eigenvalue weighted by Gasteiger charge is -2.60. The molecule has 0 aromatic heterocycles. The molecule has 14 nitrogen and oxygen atoms in total. The minimum Gasteiger partial charge on any atom is -0.496 e. The van der Waals surface area contributed by atoms with Gasteiger partial charge < -0.3 is 48.7 Å². The van der Waals surface area contributed by atoms with Gasteiger partial charge >= 0.3 is 0 Å². The molecule has 330 valence electrons. The van der Waals surface area contributed by atoms with Crippen LogP contribution in [0.3, 0.4) is 0 Å². The second-order valence-electron chi connectivity index (χ2n) is 15.6. The van der Waals surface area contributed by atoms with E-state index in [1.165, 1.54) is 14.2 Å². The summed E-state index contributed by atoms with van der Waals surface area (Å²) in [6.45, 7) is 4.25. The van der Waals surface area contributed by atoms with Crippen molar-refractivity contribution in [2.75, 3.05) is 60.4 Å². The second kappa shape index (κ2) is 22.0. The van der Waals surface area contributed by atoms with Crippen molar-refractivity contribution >= 4 is 17.9 Å². The Bertz CT molecular complexity index is 2120. The molecular weight excluding hydrogens is 795 g/mol. The highest BCUT2D eigenvalue weighted by Gasteiger charge is 2.65. The number of allylic oxidation sites excluding steroid dienone is 1. The number of rotatable bonds is 23. The third kappa shape index (κ3) is 9.88. The molecule has 2 aliphatic carbocycles. The maximum atomic E-state index is 14.9. The minimum absolute atomic E-state index is 0.0164. The van der Waals surface area contributed by atoms with E-state index in [4.69, 9.17) is 28.5 Å². The van der Waals surface area contributed by atoms with Gasteiger partial charge in [-0.2, -0.15) is 5.26 Å². The zero-order valence-electron chi connectivity index (χ0n) is 35.4. The highest BCUT2D eigenvalue weighted by Crippen LogP contribution is 2.62. The van der Waals surface area contributed by atoms with Gasteiger partial charge in [-0.3, -0.25) is 9.59 Å². The van der Waals surface area contributed by atoms with Gasteiger partial charge in [-0.1, -0.05) is 30.1 Å². The zero-order chi connectivity index (χ0) is 44.1. The van der Waals surface area contributed by atoms with Gasteiger partial charge in [-0.05, 0) is 104 Å². The van der Waals surface area contributed by atoms with Crippen molar-refractivity contribution in [3.8, 4) is 29.1 Å². The van der Waals surface area contributed by atoms with Crippen LogP contribution in [0.2, 0.25) is 0 Å². The quantitative estimate of drug-likeness (QED) is 0.0403. The fraction of sp³-hybridized carbons (Fsp3) is 0.458. The molecule has 3 aromatic carbocycles. The molecule has 6 rings (SSSR count). The number of ether oxygens (including phenoxy) is 5. The smallest absolute Gasteiger partial charge is 0.254 e. The van der Waals surface area contributed by atoms with Gasteiger partial charge in [0.2, 0.25) is 5.79 Å². The number of aliphatic hydroxyl groups is 3. The maximum Gasteiger partial charge on any atom is 0.254 e. The number of unbranched alkanes of at least 4 members (excludes halogenated alkanes) is 2. The van der Waals surface area contributed by atoms with Gasteiger partial charge in [-0.25, -0.2) is 0 Å². The number of hydrogen-bond acceptors (Lipinski definition) is 13. The first-order valence-corrected chi connectivity index (χ1v) is 21.2. The summed E-state index contributed by atoms with van der Waals surface area (Å²) < 4.78 is 31.9. The van der Waals surface area contributed by atoms with Crippen molar-refractivity contribution in [3.63, 3.8) is 0 Å². The van der Waals surface area contributed by atoms with Crippen molar-refractivity contribution in [1.82, 2.24) is 4.90 Å². The van der Waals surface area contributed by atoms with Crippen molar-refractivity contribution in [2.24, 2.45) is 22.9 Å². The highest BCUT2D eigenvalue weighted by molar-refractivity contribution is 6.03. The number of nitriles is 1. The first-order chi connectivity index (χ1) is 30.3. The van der Waals surface area contributed by atoms with E-state index in [-0.39, 0.29) is 76.3 Å². The van der Waals surface area contributed by atoms with Crippen molar-refractivity contribution < 1.29 is 53.4 Å². The molecule has 1 heterocycles. The lowest BCUT2D eigenvalue weighted by atomic mass is 9.55. The molecule has 62 heavy (non-hydrogen) atoms. The van der Waals surface area contributed by atoms with Crippen molar-refractivity contribution in [2.45, 2.75) is 62.7 Å². The van der Waals surface area contributed by atoms with E-state index in [9.17, 15) is 30.2 Å². The predicted molar refractivity (Wildman–Crippen MR) is 231 cm³/mol. The van der Waals surface area contributed by atoms with E-state index in [2.05, 4.69) is 23.9 Å². The number of methoxy groups -OCH3 is 1. The van der Waals surface area contributed by atoms with Crippen LogP contribution >= 0.6 is 0 Å². The Labute approximate surface area is 362 Å². The van der Waals surface area contributed by atoms with Crippen LogP contribution in [-0.4, -0.2) is 110 Å². The molecule has 3 aliphatic rings. The third-order valence-corrected chi connectivity index (χ3v) is 12.0. The largest absolute Gasteiger partial charge is 0.496 e. The number of nitrogens with zero attached hydrogens (tertiary/aromatic N) is 3. The van der Waals surface area contributed by atoms with E-state index in [0.717, 1.165) is 36.8 Å². The molecule has 3 N–H and O–H groups in total. The van der Waals surface area contributed by atoms with E-state index < -0.39 is 17.7 Å². The van der Waals surface area contributed by atoms with Gasteiger partial charge in [0.05, 0.1) is 62.4 Å². The van der Waals surface area contributed by atoms with E-state index >= 15 is 0 Å². The number of hydrogen-bond donors (Lipinski definition) is 3. The van der Waals surface area contributed by atoms with Crippen LogP contribution in [-0.2, 0) is 14.3 Å². The Hall–Kier alpha value is -5.56. The molecule has 1 aliphatic heterocycles. The number of amides is 1. The summed E-state index contributed by atoms with van der Waals surface area (Å²) in [6.07, 6.45) is 9.07. The van der Waals surface area contributed by atoms with Gasteiger partial charge in [0, 0.05) is 43.2 Å². The normalized spacial score (nSPS) is 22.9. The van der Waals surface area contributed by atoms with Crippen LogP contribution in [0.15, 0.2) is 90.1 Å².